The van der Waals surface area contributed by atoms with Gasteiger partial charge in [0.2, 0.25) is 0 Å². The quantitative estimate of drug-likeness (QED) is 0.917. The van der Waals surface area contributed by atoms with Crippen LogP contribution < -0.4 is 5.32 Å². The van der Waals surface area contributed by atoms with Gasteiger partial charge in [-0.15, -0.1) is 0 Å². The summed E-state index contributed by atoms with van der Waals surface area (Å²) >= 11 is 0. The molecule has 3 rings (SSSR count). The van der Waals surface area contributed by atoms with Gasteiger partial charge in [0.25, 0.3) is 5.91 Å². The van der Waals surface area contributed by atoms with Crippen molar-refractivity contribution in [1.29, 1.82) is 0 Å². The van der Waals surface area contributed by atoms with Gasteiger partial charge in [-0.2, -0.15) is 0 Å². The number of hydrogen-bond acceptors (Lipinski definition) is 3. The number of amides is 1. The summed E-state index contributed by atoms with van der Waals surface area (Å²) in [6.07, 6.45) is 8.45. The van der Waals surface area contributed by atoms with E-state index < -0.39 is 0 Å². The Morgan fingerprint density at radius 1 is 1.40 bits per heavy atom. The van der Waals surface area contributed by atoms with Crippen molar-refractivity contribution in [2.45, 2.75) is 32.6 Å². The van der Waals surface area contributed by atoms with Gasteiger partial charge in [0, 0.05) is 25.8 Å². The Morgan fingerprint density at radius 3 is 2.85 bits per heavy atom. The maximum atomic E-state index is 12.7. The zero-order valence-corrected chi connectivity index (χ0v) is 12.1. The molecule has 1 saturated carbocycles. The SMILES string of the molecule is CCCNc1cnccc1C(=O)N1CC2CCCC2C1. The van der Waals surface area contributed by atoms with Crippen LogP contribution in [0.15, 0.2) is 18.5 Å². The van der Waals surface area contributed by atoms with E-state index in [4.69, 9.17) is 0 Å². The molecule has 2 fully saturated rings. The van der Waals surface area contributed by atoms with Gasteiger partial charge in [0.15, 0.2) is 0 Å². The first-order chi connectivity index (χ1) is 9.79. The molecule has 108 valence electrons. The topological polar surface area (TPSA) is 45.2 Å². The highest BCUT2D eigenvalue weighted by Crippen LogP contribution is 2.38. The summed E-state index contributed by atoms with van der Waals surface area (Å²) in [5, 5.41) is 3.31. The van der Waals surface area contributed by atoms with E-state index in [1.807, 2.05) is 11.0 Å². The van der Waals surface area contributed by atoms with Crippen LogP contribution in [0.1, 0.15) is 43.0 Å². The maximum Gasteiger partial charge on any atom is 0.256 e. The second kappa shape index (κ2) is 5.81. The summed E-state index contributed by atoms with van der Waals surface area (Å²) in [5.74, 6) is 1.65. The van der Waals surface area contributed by atoms with Gasteiger partial charge in [0.05, 0.1) is 17.4 Å². The molecule has 2 heterocycles. The van der Waals surface area contributed by atoms with E-state index in [1.54, 1.807) is 12.4 Å². The second-order valence-corrected chi connectivity index (χ2v) is 6.01. The highest BCUT2D eigenvalue weighted by Gasteiger charge is 2.38. The molecule has 0 spiro atoms. The average molecular weight is 273 g/mol. The number of carbonyl (C=O) groups is 1. The Kier molecular flexibility index (Phi) is 3.90. The Hall–Kier alpha value is -1.58. The molecule has 2 atom stereocenters. The van der Waals surface area contributed by atoms with Crippen LogP contribution in [-0.4, -0.2) is 35.4 Å². The third-order valence-corrected chi connectivity index (χ3v) is 4.63. The fourth-order valence-corrected chi connectivity index (χ4v) is 3.55. The summed E-state index contributed by atoms with van der Waals surface area (Å²) in [7, 11) is 0. The first kappa shape index (κ1) is 13.4. The molecule has 1 N–H and O–H groups in total. The van der Waals surface area contributed by atoms with Crippen molar-refractivity contribution in [3.05, 3.63) is 24.0 Å². The minimum Gasteiger partial charge on any atom is -0.383 e. The second-order valence-electron chi connectivity index (χ2n) is 6.01. The minimum atomic E-state index is 0.167. The normalized spacial score (nSPS) is 24.8. The van der Waals surface area contributed by atoms with Crippen LogP contribution in [0.2, 0.25) is 0 Å². The zero-order valence-electron chi connectivity index (χ0n) is 12.1. The largest absolute Gasteiger partial charge is 0.383 e. The lowest BCUT2D eigenvalue weighted by atomic mass is 10.0. The highest BCUT2D eigenvalue weighted by atomic mass is 16.2. The third-order valence-electron chi connectivity index (χ3n) is 4.63. The Morgan fingerprint density at radius 2 is 2.15 bits per heavy atom. The van der Waals surface area contributed by atoms with Gasteiger partial charge in [-0.25, -0.2) is 0 Å². The highest BCUT2D eigenvalue weighted by molar-refractivity contribution is 5.99. The number of carbonyl (C=O) groups excluding carboxylic acids is 1. The van der Waals surface area contributed by atoms with Gasteiger partial charge in [-0.3, -0.25) is 9.78 Å². The van der Waals surface area contributed by atoms with E-state index in [0.717, 1.165) is 49.1 Å². The molecule has 2 unspecified atom stereocenters. The number of likely N-dealkylation sites (tertiary alicyclic amines) is 1. The van der Waals surface area contributed by atoms with Crippen molar-refractivity contribution in [3.63, 3.8) is 0 Å². The van der Waals surface area contributed by atoms with Crippen LogP contribution in [0, 0.1) is 11.8 Å². The van der Waals surface area contributed by atoms with Crippen LogP contribution in [0.3, 0.4) is 0 Å². The molecule has 1 amide bonds. The minimum absolute atomic E-state index is 0.167. The first-order valence-electron chi connectivity index (χ1n) is 7.76. The smallest absolute Gasteiger partial charge is 0.256 e. The van der Waals surface area contributed by atoms with Crippen LogP contribution >= 0.6 is 0 Å². The summed E-state index contributed by atoms with van der Waals surface area (Å²) < 4.78 is 0. The molecule has 2 aliphatic rings. The van der Waals surface area contributed by atoms with E-state index in [2.05, 4.69) is 17.2 Å². The predicted octanol–water partition coefficient (Wildman–Crippen LogP) is 2.78. The van der Waals surface area contributed by atoms with E-state index >= 15 is 0 Å². The van der Waals surface area contributed by atoms with E-state index in [0.29, 0.717) is 0 Å². The molecule has 0 radical (unpaired) electrons. The summed E-state index contributed by atoms with van der Waals surface area (Å²) in [6.45, 7) is 4.88. The van der Waals surface area contributed by atoms with Crippen molar-refractivity contribution in [3.8, 4) is 0 Å². The molecule has 4 nitrogen and oxygen atoms in total. The number of nitrogens with zero attached hydrogens (tertiary/aromatic N) is 2. The van der Waals surface area contributed by atoms with E-state index in [-0.39, 0.29) is 5.91 Å². The average Bonchev–Trinajstić information content (AvgIpc) is 3.06. The molecule has 20 heavy (non-hydrogen) atoms. The fourth-order valence-electron chi connectivity index (χ4n) is 3.55. The van der Waals surface area contributed by atoms with Gasteiger partial charge in [-0.1, -0.05) is 13.3 Å². The lowest BCUT2D eigenvalue weighted by Crippen LogP contribution is -2.30. The molecule has 1 aliphatic carbocycles. The number of fused-ring (bicyclic) bond motifs is 1. The number of hydrogen-bond donors (Lipinski definition) is 1. The number of anilines is 1. The summed E-state index contributed by atoms with van der Waals surface area (Å²) in [4.78, 5) is 18.9. The maximum absolute atomic E-state index is 12.7. The van der Waals surface area contributed by atoms with Gasteiger partial charge < -0.3 is 10.2 Å². The molecule has 0 aromatic carbocycles. The lowest BCUT2D eigenvalue weighted by molar-refractivity contribution is 0.0781. The van der Waals surface area contributed by atoms with Crippen LogP contribution in [0.5, 0.6) is 0 Å². The number of aromatic nitrogens is 1. The van der Waals surface area contributed by atoms with Gasteiger partial charge >= 0.3 is 0 Å². The Balaban J connectivity index is 1.74. The van der Waals surface area contributed by atoms with E-state index in [1.165, 1.54) is 19.3 Å². The Labute approximate surface area is 120 Å². The predicted molar refractivity (Wildman–Crippen MR) is 79.8 cm³/mol. The monoisotopic (exact) mass is 273 g/mol. The summed E-state index contributed by atoms with van der Waals surface area (Å²) in [5.41, 5.74) is 1.64. The van der Waals surface area contributed by atoms with Crippen molar-refractivity contribution in [2.75, 3.05) is 25.0 Å². The standard InChI is InChI=1S/C16H23N3O/c1-2-7-18-15-9-17-8-6-14(15)16(20)19-10-12-4-3-5-13(12)11-19/h6,8-9,12-13,18H,2-5,7,10-11H2,1H3. The van der Waals surface area contributed by atoms with Crippen molar-refractivity contribution in [2.24, 2.45) is 11.8 Å². The molecule has 1 aliphatic heterocycles. The van der Waals surface area contributed by atoms with E-state index in [9.17, 15) is 4.79 Å². The lowest BCUT2D eigenvalue weighted by Gasteiger charge is -2.19. The molecule has 1 aromatic rings. The molecular weight excluding hydrogens is 250 g/mol. The molecule has 1 saturated heterocycles. The fraction of sp³-hybridized carbons (Fsp3) is 0.625. The zero-order chi connectivity index (χ0) is 13.9. The molecule has 1 aromatic heterocycles. The van der Waals surface area contributed by atoms with Gasteiger partial charge in [0.1, 0.15) is 0 Å². The third kappa shape index (κ3) is 2.51. The number of nitrogens with one attached hydrogen (secondary N) is 1. The first-order valence-corrected chi connectivity index (χ1v) is 7.76. The van der Waals surface area contributed by atoms with Crippen LogP contribution in [0.25, 0.3) is 0 Å². The van der Waals surface area contributed by atoms with Crippen LogP contribution in [-0.2, 0) is 0 Å². The van der Waals surface area contributed by atoms with Gasteiger partial charge in [-0.05, 0) is 37.2 Å². The molecular formula is C16H23N3O. The molecule has 0 bridgehead atoms. The number of pyridine rings is 1. The van der Waals surface area contributed by atoms with Crippen molar-refractivity contribution < 1.29 is 4.79 Å². The van der Waals surface area contributed by atoms with Crippen molar-refractivity contribution >= 4 is 11.6 Å². The Bertz CT molecular complexity index is 476. The molecule has 4 heteroatoms. The number of rotatable bonds is 4. The summed E-state index contributed by atoms with van der Waals surface area (Å²) in [6, 6.07) is 1.84. The van der Waals surface area contributed by atoms with Crippen molar-refractivity contribution in [1.82, 2.24) is 9.88 Å². The van der Waals surface area contributed by atoms with Crippen LogP contribution in [0.4, 0.5) is 5.69 Å².